The van der Waals surface area contributed by atoms with Crippen molar-refractivity contribution in [3.8, 4) is 0 Å². The van der Waals surface area contributed by atoms with E-state index in [4.69, 9.17) is 0 Å². The molecule has 2 aromatic rings. The van der Waals surface area contributed by atoms with Gasteiger partial charge in [0.15, 0.2) is 0 Å². The van der Waals surface area contributed by atoms with Crippen molar-refractivity contribution in [1.82, 2.24) is 9.80 Å². The van der Waals surface area contributed by atoms with Gasteiger partial charge in [-0.15, -0.1) is 11.3 Å². The third-order valence-electron chi connectivity index (χ3n) is 5.20. The highest BCUT2D eigenvalue weighted by Crippen LogP contribution is 2.25. The Morgan fingerprint density at radius 1 is 0.955 bits per heavy atom. The van der Waals surface area contributed by atoms with Crippen LogP contribution in [0.25, 0.3) is 0 Å². The lowest BCUT2D eigenvalue weighted by atomic mass is 9.87. The Morgan fingerprint density at radius 2 is 1.77 bits per heavy atom. The van der Waals surface area contributed by atoms with Crippen LogP contribution >= 0.6 is 11.3 Å². The standard InChI is InChI=1S/C19H24N2S/c1-2-5-17-14-18(8-7-16(17)4-1)21-11-9-20(10-12-21)15-19-6-3-13-22-19/h1-6,13,18H,7-12,14-15H2/t18-/m1/s1. The summed E-state index contributed by atoms with van der Waals surface area (Å²) in [4.78, 5) is 6.85. The van der Waals surface area contributed by atoms with E-state index in [0.29, 0.717) is 0 Å². The van der Waals surface area contributed by atoms with Crippen molar-refractivity contribution < 1.29 is 0 Å². The molecule has 1 aromatic heterocycles. The van der Waals surface area contributed by atoms with Gasteiger partial charge in [0, 0.05) is 43.6 Å². The number of hydrogen-bond acceptors (Lipinski definition) is 3. The number of hydrogen-bond donors (Lipinski definition) is 0. The molecule has 22 heavy (non-hydrogen) atoms. The maximum atomic E-state index is 2.74. The first-order valence-corrected chi connectivity index (χ1v) is 9.32. The molecule has 3 heteroatoms. The van der Waals surface area contributed by atoms with Crippen LogP contribution in [0.2, 0.25) is 0 Å². The van der Waals surface area contributed by atoms with Crippen LogP contribution in [-0.4, -0.2) is 42.0 Å². The molecule has 1 aliphatic heterocycles. The number of rotatable bonds is 3. The summed E-state index contributed by atoms with van der Waals surface area (Å²) in [7, 11) is 0. The van der Waals surface area contributed by atoms with Crippen LogP contribution in [0, 0.1) is 0 Å². The molecule has 1 aliphatic carbocycles. The maximum Gasteiger partial charge on any atom is 0.0328 e. The van der Waals surface area contributed by atoms with Crippen molar-refractivity contribution in [2.45, 2.75) is 31.8 Å². The van der Waals surface area contributed by atoms with Crippen molar-refractivity contribution in [2.75, 3.05) is 26.2 Å². The largest absolute Gasteiger partial charge is 0.298 e. The van der Waals surface area contributed by atoms with Crippen LogP contribution in [0.4, 0.5) is 0 Å². The fourth-order valence-electron chi connectivity index (χ4n) is 3.90. The smallest absolute Gasteiger partial charge is 0.0328 e. The number of aryl methyl sites for hydroxylation is 1. The predicted molar refractivity (Wildman–Crippen MR) is 93.4 cm³/mol. The number of fused-ring (bicyclic) bond motifs is 1. The van der Waals surface area contributed by atoms with Crippen LogP contribution in [-0.2, 0) is 19.4 Å². The van der Waals surface area contributed by atoms with Crippen molar-refractivity contribution in [2.24, 2.45) is 0 Å². The van der Waals surface area contributed by atoms with E-state index in [0.717, 1.165) is 12.6 Å². The second-order valence-corrected chi connectivity index (χ2v) is 7.59. The number of thiophene rings is 1. The SMILES string of the molecule is c1csc(CN2CCN([C@@H]3CCc4ccccc4C3)CC2)c1. The van der Waals surface area contributed by atoms with Crippen LogP contribution < -0.4 is 0 Å². The van der Waals surface area contributed by atoms with E-state index in [1.165, 1.54) is 50.3 Å². The zero-order chi connectivity index (χ0) is 14.8. The first-order valence-electron chi connectivity index (χ1n) is 8.44. The molecule has 0 bridgehead atoms. The first kappa shape index (κ1) is 14.4. The van der Waals surface area contributed by atoms with Crippen LogP contribution in [0.3, 0.4) is 0 Å². The third kappa shape index (κ3) is 3.12. The molecule has 2 nitrogen and oxygen atoms in total. The van der Waals surface area contributed by atoms with E-state index in [-0.39, 0.29) is 0 Å². The van der Waals surface area contributed by atoms with E-state index in [9.17, 15) is 0 Å². The molecule has 1 atom stereocenters. The molecule has 1 saturated heterocycles. The molecule has 2 heterocycles. The minimum Gasteiger partial charge on any atom is -0.298 e. The second-order valence-electron chi connectivity index (χ2n) is 6.56. The summed E-state index contributed by atoms with van der Waals surface area (Å²) < 4.78 is 0. The molecule has 116 valence electrons. The van der Waals surface area contributed by atoms with Gasteiger partial charge >= 0.3 is 0 Å². The third-order valence-corrected chi connectivity index (χ3v) is 6.06. The molecule has 0 spiro atoms. The summed E-state index contributed by atoms with van der Waals surface area (Å²) in [5.41, 5.74) is 3.16. The minimum atomic E-state index is 0.763. The summed E-state index contributed by atoms with van der Waals surface area (Å²) in [6.45, 7) is 6.04. The van der Waals surface area contributed by atoms with Gasteiger partial charge in [0.2, 0.25) is 0 Å². The van der Waals surface area contributed by atoms with Gasteiger partial charge in [0.1, 0.15) is 0 Å². The van der Waals surface area contributed by atoms with E-state index in [2.05, 4.69) is 51.6 Å². The van der Waals surface area contributed by atoms with E-state index in [1.807, 2.05) is 11.3 Å². The molecule has 0 unspecified atom stereocenters. The lowest BCUT2D eigenvalue weighted by molar-refractivity contribution is 0.0862. The lowest BCUT2D eigenvalue weighted by Gasteiger charge is -2.41. The zero-order valence-electron chi connectivity index (χ0n) is 13.1. The fraction of sp³-hybridized carbons (Fsp3) is 0.474. The molecule has 0 N–H and O–H groups in total. The van der Waals surface area contributed by atoms with Crippen molar-refractivity contribution in [3.63, 3.8) is 0 Å². The minimum absolute atomic E-state index is 0.763. The Balaban J connectivity index is 1.32. The molecule has 1 fully saturated rings. The van der Waals surface area contributed by atoms with E-state index >= 15 is 0 Å². The van der Waals surface area contributed by atoms with Gasteiger partial charge in [0.05, 0.1) is 0 Å². The van der Waals surface area contributed by atoms with Gasteiger partial charge in [0.25, 0.3) is 0 Å². The van der Waals surface area contributed by atoms with Crippen LogP contribution in [0.5, 0.6) is 0 Å². The van der Waals surface area contributed by atoms with Crippen molar-refractivity contribution in [3.05, 3.63) is 57.8 Å². The molecule has 2 aliphatic rings. The maximum absolute atomic E-state index is 2.74. The highest BCUT2D eigenvalue weighted by atomic mass is 32.1. The lowest BCUT2D eigenvalue weighted by Crippen LogP contribution is -2.51. The quantitative estimate of drug-likeness (QED) is 0.857. The molecular weight excluding hydrogens is 288 g/mol. The molecule has 0 amide bonds. The average molecular weight is 312 g/mol. The Bertz CT molecular complexity index is 600. The van der Waals surface area contributed by atoms with E-state index < -0.39 is 0 Å². The van der Waals surface area contributed by atoms with Gasteiger partial charge in [-0.2, -0.15) is 0 Å². The Kier molecular flexibility index (Phi) is 4.28. The van der Waals surface area contributed by atoms with Crippen molar-refractivity contribution >= 4 is 11.3 Å². The summed E-state index contributed by atoms with van der Waals surface area (Å²) in [5.74, 6) is 0. The number of nitrogens with zero attached hydrogens (tertiary/aromatic N) is 2. The normalized spacial score (nSPS) is 23.4. The monoisotopic (exact) mass is 312 g/mol. The summed E-state index contributed by atoms with van der Waals surface area (Å²) in [6.07, 6.45) is 3.85. The van der Waals surface area contributed by atoms with E-state index in [1.54, 1.807) is 11.1 Å². The summed E-state index contributed by atoms with van der Waals surface area (Å²) >= 11 is 1.88. The zero-order valence-corrected chi connectivity index (χ0v) is 13.9. The summed E-state index contributed by atoms with van der Waals surface area (Å²) in [6, 6.07) is 14.2. The second kappa shape index (κ2) is 6.53. The van der Waals surface area contributed by atoms with Gasteiger partial charge < -0.3 is 0 Å². The molecule has 4 rings (SSSR count). The fourth-order valence-corrected chi connectivity index (χ4v) is 4.65. The summed E-state index contributed by atoms with van der Waals surface area (Å²) in [5, 5.41) is 2.19. The highest BCUT2D eigenvalue weighted by Gasteiger charge is 2.27. The molecule has 0 saturated carbocycles. The first-order chi connectivity index (χ1) is 10.9. The molecular formula is C19H24N2S. The Labute approximate surface area is 137 Å². The Morgan fingerprint density at radius 3 is 2.55 bits per heavy atom. The number of piperazine rings is 1. The Hall–Kier alpha value is -1.16. The van der Waals surface area contributed by atoms with Gasteiger partial charge in [-0.25, -0.2) is 0 Å². The topological polar surface area (TPSA) is 6.48 Å². The number of benzene rings is 1. The van der Waals surface area contributed by atoms with Crippen molar-refractivity contribution in [1.29, 1.82) is 0 Å². The van der Waals surface area contributed by atoms with Crippen LogP contribution in [0.1, 0.15) is 22.4 Å². The van der Waals surface area contributed by atoms with Gasteiger partial charge in [-0.05, 0) is 41.8 Å². The molecule has 0 radical (unpaired) electrons. The van der Waals surface area contributed by atoms with Crippen LogP contribution in [0.15, 0.2) is 41.8 Å². The average Bonchev–Trinajstić information content (AvgIpc) is 3.08. The molecule has 1 aromatic carbocycles. The highest BCUT2D eigenvalue weighted by molar-refractivity contribution is 7.09. The van der Waals surface area contributed by atoms with Gasteiger partial charge in [-0.1, -0.05) is 30.3 Å². The predicted octanol–water partition coefficient (Wildman–Crippen LogP) is 3.42. The van der Waals surface area contributed by atoms with Gasteiger partial charge in [-0.3, -0.25) is 9.80 Å².